The van der Waals surface area contributed by atoms with Crippen molar-refractivity contribution in [1.82, 2.24) is 19.4 Å². The lowest BCUT2D eigenvalue weighted by Gasteiger charge is -2.24. The molecular weight excluding hydrogens is 332 g/mol. The molecule has 132 valence electrons. The highest BCUT2D eigenvalue weighted by molar-refractivity contribution is 6.31. The predicted octanol–water partition coefficient (Wildman–Crippen LogP) is 4.37. The normalized spacial score (nSPS) is 15.2. The molecule has 4 rings (SSSR count). The van der Waals surface area contributed by atoms with E-state index >= 15 is 0 Å². The molecule has 0 spiro atoms. The molecule has 0 aliphatic carbocycles. The standard InChI is InChI=1S/C20H25ClN4/c1-13(2)20-22-11-15(23-20)6-9-25-18-5-4-14(21)10-16(18)17-12-24(3)8-7-19(17)25/h4-5,10-11,13H,6-9,12H2,1-3H3,(H,22,23). The molecule has 25 heavy (non-hydrogen) atoms. The first kappa shape index (κ1) is 16.7. The van der Waals surface area contributed by atoms with Crippen molar-refractivity contribution in [3.8, 4) is 0 Å². The fourth-order valence-corrected chi connectivity index (χ4v) is 4.01. The number of hydrogen-bond donors (Lipinski definition) is 1. The van der Waals surface area contributed by atoms with Crippen molar-refractivity contribution in [3.05, 3.63) is 52.2 Å². The SMILES string of the molecule is CC(C)c1ncc(CCn2c3c(c4cc(Cl)ccc42)CN(C)CC3)[nH]1. The van der Waals surface area contributed by atoms with Gasteiger partial charge in [-0.05, 0) is 30.8 Å². The number of fused-ring (bicyclic) bond motifs is 3. The van der Waals surface area contributed by atoms with Crippen LogP contribution in [0.2, 0.25) is 5.02 Å². The van der Waals surface area contributed by atoms with Crippen LogP contribution in [0.5, 0.6) is 0 Å². The number of rotatable bonds is 4. The van der Waals surface area contributed by atoms with E-state index in [2.05, 4.69) is 52.5 Å². The third kappa shape index (κ3) is 3.09. The Morgan fingerprint density at radius 1 is 1.32 bits per heavy atom. The van der Waals surface area contributed by atoms with E-state index in [0.29, 0.717) is 5.92 Å². The van der Waals surface area contributed by atoms with Gasteiger partial charge in [0.1, 0.15) is 5.82 Å². The molecule has 0 amide bonds. The van der Waals surface area contributed by atoms with Crippen molar-refractivity contribution in [3.63, 3.8) is 0 Å². The molecule has 0 bridgehead atoms. The molecule has 3 aromatic rings. The summed E-state index contributed by atoms with van der Waals surface area (Å²) in [5.74, 6) is 1.51. The Balaban J connectivity index is 1.69. The third-order valence-electron chi connectivity index (χ3n) is 5.21. The summed E-state index contributed by atoms with van der Waals surface area (Å²) in [5.41, 5.74) is 5.42. The summed E-state index contributed by atoms with van der Waals surface area (Å²) >= 11 is 6.28. The highest BCUT2D eigenvalue weighted by atomic mass is 35.5. The topological polar surface area (TPSA) is 36.9 Å². The Labute approximate surface area is 153 Å². The van der Waals surface area contributed by atoms with Crippen molar-refractivity contribution in [2.24, 2.45) is 0 Å². The van der Waals surface area contributed by atoms with Gasteiger partial charge in [-0.2, -0.15) is 0 Å². The van der Waals surface area contributed by atoms with Crippen LogP contribution in [0, 0.1) is 0 Å². The predicted molar refractivity (Wildman–Crippen MR) is 103 cm³/mol. The Hall–Kier alpha value is -1.78. The first-order valence-electron chi connectivity index (χ1n) is 9.04. The van der Waals surface area contributed by atoms with Gasteiger partial charge in [0.15, 0.2) is 0 Å². The van der Waals surface area contributed by atoms with Gasteiger partial charge < -0.3 is 14.5 Å². The first-order chi connectivity index (χ1) is 12.0. The maximum Gasteiger partial charge on any atom is 0.108 e. The van der Waals surface area contributed by atoms with Crippen LogP contribution in [-0.2, 0) is 25.9 Å². The van der Waals surface area contributed by atoms with Gasteiger partial charge in [-0.25, -0.2) is 4.98 Å². The molecule has 0 saturated carbocycles. The molecule has 3 heterocycles. The average molecular weight is 357 g/mol. The molecule has 5 heteroatoms. The molecule has 2 aromatic heterocycles. The number of imidazole rings is 1. The minimum Gasteiger partial charge on any atom is -0.346 e. The summed E-state index contributed by atoms with van der Waals surface area (Å²) in [5, 5.41) is 2.12. The Morgan fingerprint density at radius 2 is 2.16 bits per heavy atom. The zero-order chi connectivity index (χ0) is 17.6. The van der Waals surface area contributed by atoms with Crippen molar-refractivity contribution < 1.29 is 0 Å². The molecular formula is C20H25ClN4. The van der Waals surface area contributed by atoms with Gasteiger partial charge in [0.2, 0.25) is 0 Å². The lowest BCUT2D eigenvalue weighted by atomic mass is 10.1. The number of nitrogens with zero attached hydrogens (tertiary/aromatic N) is 3. The second-order valence-corrected chi connectivity index (χ2v) is 7.86. The third-order valence-corrected chi connectivity index (χ3v) is 5.44. The minimum atomic E-state index is 0.437. The number of aromatic amines is 1. The van der Waals surface area contributed by atoms with Gasteiger partial charge >= 0.3 is 0 Å². The maximum absolute atomic E-state index is 6.28. The second-order valence-electron chi connectivity index (χ2n) is 7.42. The number of H-pyrrole nitrogens is 1. The summed E-state index contributed by atoms with van der Waals surface area (Å²) in [7, 11) is 2.19. The van der Waals surface area contributed by atoms with Crippen LogP contribution < -0.4 is 0 Å². The second kappa shape index (κ2) is 6.50. The quantitative estimate of drug-likeness (QED) is 0.753. The number of likely N-dealkylation sites (N-methyl/N-ethyl adjacent to an activating group) is 1. The Bertz CT molecular complexity index is 906. The fraction of sp³-hybridized carbons (Fsp3) is 0.450. The Kier molecular flexibility index (Phi) is 4.34. The lowest BCUT2D eigenvalue weighted by Crippen LogP contribution is -2.27. The minimum absolute atomic E-state index is 0.437. The maximum atomic E-state index is 6.28. The van der Waals surface area contributed by atoms with E-state index in [9.17, 15) is 0 Å². The van der Waals surface area contributed by atoms with Gasteiger partial charge in [0, 0.05) is 71.9 Å². The van der Waals surface area contributed by atoms with E-state index in [1.807, 2.05) is 12.3 Å². The fourth-order valence-electron chi connectivity index (χ4n) is 3.84. The number of aromatic nitrogens is 3. The number of halogens is 1. The lowest BCUT2D eigenvalue weighted by molar-refractivity contribution is 0.309. The van der Waals surface area contributed by atoms with E-state index in [-0.39, 0.29) is 0 Å². The van der Waals surface area contributed by atoms with Crippen molar-refractivity contribution in [1.29, 1.82) is 0 Å². The Morgan fingerprint density at radius 3 is 2.92 bits per heavy atom. The molecule has 0 atom stereocenters. The van der Waals surface area contributed by atoms with Crippen LogP contribution in [0.1, 0.15) is 42.5 Å². The van der Waals surface area contributed by atoms with Crippen LogP contribution in [0.25, 0.3) is 10.9 Å². The summed E-state index contributed by atoms with van der Waals surface area (Å²) in [4.78, 5) is 10.3. The largest absolute Gasteiger partial charge is 0.346 e. The number of aryl methyl sites for hydroxylation is 2. The molecule has 4 nitrogen and oxygen atoms in total. The van der Waals surface area contributed by atoms with Crippen LogP contribution in [0.15, 0.2) is 24.4 Å². The van der Waals surface area contributed by atoms with Crippen LogP contribution in [0.3, 0.4) is 0 Å². The number of nitrogens with one attached hydrogen (secondary N) is 1. The zero-order valence-electron chi connectivity index (χ0n) is 15.1. The zero-order valence-corrected chi connectivity index (χ0v) is 15.9. The first-order valence-corrected chi connectivity index (χ1v) is 9.42. The van der Waals surface area contributed by atoms with E-state index < -0.39 is 0 Å². The van der Waals surface area contributed by atoms with E-state index in [0.717, 1.165) is 43.3 Å². The monoisotopic (exact) mass is 356 g/mol. The summed E-state index contributed by atoms with van der Waals surface area (Å²) in [6, 6.07) is 6.30. The molecule has 1 aromatic carbocycles. The molecule has 0 fully saturated rings. The molecule has 1 N–H and O–H groups in total. The molecule has 0 saturated heterocycles. The molecule has 1 aliphatic heterocycles. The van der Waals surface area contributed by atoms with Crippen molar-refractivity contribution in [2.75, 3.05) is 13.6 Å². The van der Waals surface area contributed by atoms with Crippen LogP contribution in [-0.4, -0.2) is 33.0 Å². The van der Waals surface area contributed by atoms with Crippen molar-refractivity contribution >= 4 is 22.5 Å². The highest BCUT2D eigenvalue weighted by Crippen LogP contribution is 2.32. The van der Waals surface area contributed by atoms with Gasteiger partial charge in [0.25, 0.3) is 0 Å². The smallest absolute Gasteiger partial charge is 0.108 e. The van der Waals surface area contributed by atoms with Gasteiger partial charge in [0.05, 0.1) is 0 Å². The highest BCUT2D eigenvalue weighted by Gasteiger charge is 2.22. The van der Waals surface area contributed by atoms with Crippen molar-refractivity contribution in [2.45, 2.75) is 45.7 Å². The molecule has 0 radical (unpaired) electrons. The van der Waals surface area contributed by atoms with Crippen LogP contribution in [0.4, 0.5) is 0 Å². The molecule has 0 unspecified atom stereocenters. The van der Waals surface area contributed by atoms with Gasteiger partial charge in [-0.15, -0.1) is 0 Å². The summed E-state index contributed by atoms with van der Waals surface area (Å²) < 4.78 is 2.49. The average Bonchev–Trinajstić information content (AvgIpc) is 3.16. The van der Waals surface area contributed by atoms with E-state index in [1.165, 1.54) is 27.9 Å². The van der Waals surface area contributed by atoms with E-state index in [1.54, 1.807) is 0 Å². The van der Waals surface area contributed by atoms with Gasteiger partial charge in [-0.1, -0.05) is 25.4 Å². The van der Waals surface area contributed by atoms with E-state index in [4.69, 9.17) is 11.6 Å². The van der Waals surface area contributed by atoms with Crippen LogP contribution >= 0.6 is 11.6 Å². The molecule has 1 aliphatic rings. The number of benzene rings is 1. The van der Waals surface area contributed by atoms with Gasteiger partial charge in [-0.3, -0.25) is 0 Å². The number of hydrogen-bond acceptors (Lipinski definition) is 2. The summed E-state index contributed by atoms with van der Waals surface area (Å²) in [6.07, 6.45) is 4.05. The summed E-state index contributed by atoms with van der Waals surface area (Å²) in [6.45, 7) is 7.41.